The molecule has 88 valence electrons. The molecule has 0 aliphatic carbocycles. The molecule has 0 aliphatic rings. The first-order valence-corrected chi connectivity index (χ1v) is 10.2. The first kappa shape index (κ1) is 12.7. The zero-order valence-corrected chi connectivity index (χ0v) is 12.6. The largest absolute Gasteiger partial charge is 0.164 e. The molecule has 0 fully saturated rings. The van der Waals surface area contributed by atoms with Crippen molar-refractivity contribution in [2.24, 2.45) is 0 Å². The minimum atomic E-state index is -0.923. The minimum Gasteiger partial charge on any atom is -0.0620 e. The highest BCUT2D eigenvalue weighted by Crippen LogP contribution is 2.53. The lowest BCUT2D eigenvalue weighted by atomic mass is 10.4. The zero-order valence-electron chi connectivity index (χ0n) is 10.5. The van der Waals surface area contributed by atoms with E-state index in [1.807, 2.05) is 0 Å². The van der Waals surface area contributed by atoms with Crippen molar-refractivity contribution >= 4 is 26.5 Å². The Balaban J connectivity index is 2.03. The molecule has 0 saturated carbocycles. The van der Waals surface area contributed by atoms with E-state index in [1.165, 1.54) is 11.2 Å². The van der Waals surface area contributed by atoms with Crippen molar-refractivity contribution in [2.45, 2.75) is 0 Å². The van der Waals surface area contributed by atoms with Crippen LogP contribution in [0.3, 0.4) is 0 Å². The molecule has 2 heteroatoms. The van der Waals surface area contributed by atoms with E-state index >= 15 is 0 Å². The maximum Gasteiger partial charge on any atom is 0.164 e. The summed E-state index contributed by atoms with van der Waals surface area (Å²) in [4.78, 5) is 0. The van der Waals surface area contributed by atoms with Crippen LogP contribution < -0.4 is 10.6 Å². The highest BCUT2D eigenvalue weighted by atomic mass is 31.2. The van der Waals surface area contributed by atoms with E-state index in [1.54, 1.807) is 5.30 Å². The van der Waals surface area contributed by atoms with Crippen LogP contribution in [0.1, 0.15) is 0 Å². The fraction of sp³-hybridized carbons (Fsp3) is 0.200. The maximum atomic E-state index is 2.46. The maximum absolute atomic E-state index is 2.46. The van der Waals surface area contributed by atoms with Gasteiger partial charge >= 0.3 is 0 Å². The summed E-state index contributed by atoms with van der Waals surface area (Å²) in [6, 6.07) is 21.9. The number of hydrogen-bond donors (Lipinski definition) is 0. The third kappa shape index (κ3) is 3.63. The van der Waals surface area contributed by atoms with Crippen molar-refractivity contribution in [3.63, 3.8) is 0 Å². The van der Waals surface area contributed by atoms with Crippen LogP contribution in [-0.4, -0.2) is 19.2 Å². The summed E-state index contributed by atoms with van der Waals surface area (Å²) in [6.07, 6.45) is 0. The lowest BCUT2D eigenvalue weighted by Crippen LogP contribution is -2.11. The molecular weight excluding hydrogens is 242 g/mol. The van der Waals surface area contributed by atoms with E-state index in [0.29, 0.717) is 8.58 Å². The van der Waals surface area contributed by atoms with Gasteiger partial charge in [0.25, 0.3) is 0 Å². The molecule has 17 heavy (non-hydrogen) atoms. The van der Waals surface area contributed by atoms with Crippen molar-refractivity contribution < 1.29 is 0 Å². The third-order valence-corrected chi connectivity index (χ3v) is 9.97. The molecular formula is C15H20P2+2. The van der Waals surface area contributed by atoms with Crippen molar-refractivity contribution in [3.05, 3.63) is 60.7 Å². The fourth-order valence-corrected chi connectivity index (χ4v) is 6.85. The standard InChI is InChI=1S/C15H19P2/c1-17(2,15-11-7-4-8-12-15)13-16-14-9-5-3-6-10-14/h3-12,16H,13H2,1-2H3/q+1/p+1. The van der Waals surface area contributed by atoms with Gasteiger partial charge in [-0.1, -0.05) is 36.4 Å². The summed E-state index contributed by atoms with van der Waals surface area (Å²) in [5, 5.41) is 3.10. The van der Waals surface area contributed by atoms with Crippen LogP contribution in [0.25, 0.3) is 0 Å². The van der Waals surface area contributed by atoms with Gasteiger partial charge in [0, 0.05) is 0 Å². The van der Waals surface area contributed by atoms with Gasteiger partial charge in [-0.15, -0.1) is 0 Å². The zero-order chi connectivity index (χ0) is 12.1. The molecule has 0 aliphatic heterocycles. The van der Waals surface area contributed by atoms with Gasteiger partial charge in [-0.25, -0.2) is 0 Å². The number of benzene rings is 2. The molecule has 1 atom stereocenters. The Bertz CT molecular complexity index is 449. The second-order valence-electron chi connectivity index (χ2n) is 4.82. The summed E-state index contributed by atoms with van der Waals surface area (Å²) >= 11 is 0. The number of hydrogen-bond acceptors (Lipinski definition) is 0. The van der Waals surface area contributed by atoms with E-state index < -0.39 is 7.26 Å². The molecule has 0 radical (unpaired) electrons. The van der Waals surface area contributed by atoms with Crippen LogP contribution in [0.2, 0.25) is 0 Å². The predicted molar refractivity (Wildman–Crippen MR) is 85.5 cm³/mol. The Hall–Kier alpha value is -0.700. The Morgan fingerprint density at radius 2 is 1.35 bits per heavy atom. The second kappa shape index (κ2) is 5.76. The van der Waals surface area contributed by atoms with E-state index in [0.717, 1.165) is 0 Å². The second-order valence-corrected chi connectivity index (χ2v) is 11.2. The lowest BCUT2D eigenvalue weighted by molar-refractivity contribution is 1.74. The van der Waals surface area contributed by atoms with Crippen molar-refractivity contribution in [2.75, 3.05) is 19.2 Å². The van der Waals surface area contributed by atoms with Crippen LogP contribution >= 0.6 is 15.8 Å². The van der Waals surface area contributed by atoms with Gasteiger partial charge in [-0.05, 0) is 24.3 Å². The normalized spacial score (nSPS) is 12.1. The molecule has 0 bridgehead atoms. The summed E-state index contributed by atoms with van der Waals surface area (Å²) in [5.41, 5.74) is 0. The van der Waals surface area contributed by atoms with E-state index in [-0.39, 0.29) is 0 Å². The predicted octanol–water partition coefficient (Wildman–Crippen LogP) is 3.28. The number of rotatable bonds is 4. The van der Waals surface area contributed by atoms with E-state index in [4.69, 9.17) is 0 Å². The minimum absolute atomic E-state index is 0.410. The lowest BCUT2D eigenvalue weighted by Gasteiger charge is -2.14. The molecule has 0 saturated heterocycles. The third-order valence-electron chi connectivity index (χ3n) is 3.04. The molecule has 2 aromatic carbocycles. The van der Waals surface area contributed by atoms with Gasteiger partial charge in [0.15, 0.2) is 5.90 Å². The van der Waals surface area contributed by atoms with Gasteiger partial charge in [0.1, 0.15) is 0 Å². The molecule has 0 amide bonds. The average molecular weight is 262 g/mol. The van der Waals surface area contributed by atoms with Gasteiger partial charge in [-0.2, -0.15) is 0 Å². The Labute approximate surface area is 107 Å². The Morgan fingerprint density at radius 3 is 1.94 bits per heavy atom. The first-order chi connectivity index (χ1) is 8.18. The summed E-state index contributed by atoms with van der Waals surface area (Å²) in [7, 11) is -0.513. The molecule has 0 heterocycles. The highest BCUT2D eigenvalue weighted by Gasteiger charge is 2.30. The highest BCUT2D eigenvalue weighted by molar-refractivity contribution is 7.87. The van der Waals surface area contributed by atoms with Crippen molar-refractivity contribution in [1.29, 1.82) is 0 Å². The summed E-state index contributed by atoms with van der Waals surface area (Å²) in [6.45, 7) is 4.91. The smallest absolute Gasteiger partial charge is 0.0620 e. The van der Waals surface area contributed by atoms with Gasteiger partial charge in [0.2, 0.25) is 0 Å². The van der Waals surface area contributed by atoms with Crippen LogP contribution in [0.15, 0.2) is 60.7 Å². The van der Waals surface area contributed by atoms with Crippen molar-refractivity contribution in [1.82, 2.24) is 0 Å². The molecule has 0 spiro atoms. The molecule has 0 nitrogen and oxygen atoms in total. The first-order valence-electron chi connectivity index (χ1n) is 5.95. The van der Waals surface area contributed by atoms with E-state index in [2.05, 4.69) is 74.0 Å². The van der Waals surface area contributed by atoms with Crippen LogP contribution in [0.5, 0.6) is 0 Å². The molecule has 2 aromatic rings. The average Bonchev–Trinajstić information content (AvgIpc) is 2.39. The molecule has 0 N–H and O–H groups in total. The summed E-state index contributed by atoms with van der Waals surface area (Å²) in [5.74, 6) is 1.38. The SMILES string of the molecule is C[P+](C)(C[PH2+]c1ccccc1)c1ccccc1. The Kier molecular flexibility index (Phi) is 4.32. The van der Waals surface area contributed by atoms with Crippen molar-refractivity contribution in [3.8, 4) is 0 Å². The topological polar surface area (TPSA) is 0 Å². The van der Waals surface area contributed by atoms with Crippen LogP contribution in [-0.2, 0) is 0 Å². The van der Waals surface area contributed by atoms with Gasteiger partial charge < -0.3 is 0 Å². The summed E-state index contributed by atoms with van der Waals surface area (Å²) < 4.78 is 0. The fourth-order valence-electron chi connectivity index (χ4n) is 1.86. The molecule has 2 rings (SSSR count). The van der Waals surface area contributed by atoms with E-state index in [9.17, 15) is 0 Å². The monoisotopic (exact) mass is 262 g/mol. The Morgan fingerprint density at radius 1 is 0.824 bits per heavy atom. The van der Waals surface area contributed by atoms with Crippen LogP contribution in [0.4, 0.5) is 0 Å². The van der Waals surface area contributed by atoms with Gasteiger partial charge in [-0.3, -0.25) is 0 Å². The molecule has 1 unspecified atom stereocenters. The van der Waals surface area contributed by atoms with Crippen LogP contribution in [0, 0.1) is 0 Å². The van der Waals surface area contributed by atoms with Gasteiger partial charge in [0.05, 0.1) is 39.8 Å². The molecule has 0 aromatic heterocycles. The quantitative estimate of drug-likeness (QED) is 0.742.